The van der Waals surface area contributed by atoms with Gasteiger partial charge in [-0.1, -0.05) is 18.2 Å². The molecular weight excluding hydrogens is 475 g/mol. The van der Waals surface area contributed by atoms with Gasteiger partial charge in [-0.2, -0.15) is 0 Å². The minimum Gasteiger partial charge on any atom is -0.497 e. The first kappa shape index (κ1) is 24.3. The molecule has 0 bridgehead atoms. The third-order valence-electron chi connectivity index (χ3n) is 5.48. The van der Waals surface area contributed by atoms with Crippen LogP contribution < -0.4 is 18.5 Å². The summed E-state index contributed by atoms with van der Waals surface area (Å²) in [5, 5.41) is 0. The van der Waals surface area contributed by atoms with Gasteiger partial charge in [-0.15, -0.1) is 0 Å². The number of fused-ring (bicyclic) bond motifs is 1. The average molecular weight is 501 g/mol. The maximum Gasteiger partial charge on any atom is 0.264 e. The third-order valence-corrected chi connectivity index (χ3v) is 7.25. The quantitative estimate of drug-likeness (QED) is 0.471. The van der Waals surface area contributed by atoms with Crippen molar-refractivity contribution in [2.24, 2.45) is 0 Å². The molecule has 0 spiro atoms. The number of anilines is 1. The highest BCUT2D eigenvalue weighted by atomic mass is 32.2. The van der Waals surface area contributed by atoms with E-state index in [1.54, 1.807) is 26.3 Å². The molecule has 0 aliphatic carbocycles. The summed E-state index contributed by atoms with van der Waals surface area (Å²) in [6.45, 7) is 0.388. The number of carbonyl (C=O) groups excluding carboxylic acids is 1. The highest BCUT2D eigenvalue weighted by Crippen LogP contribution is 2.34. The highest BCUT2D eigenvalue weighted by molar-refractivity contribution is 7.92. The Hall–Kier alpha value is -3.79. The first-order valence-electron chi connectivity index (χ1n) is 10.8. The largest absolute Gasteiger partial charge is 0.497 e. The van der Waals surface area contributed by atoms with Crippen molar-refractivity contribution in [2.75, 3.05) is 38.2 Å². The summed E-state index contributed by atoms with van der Waals surface area (Å²) in [6, 6.07) is 16.5. The first-order valence-corrected chi connectivity index (χ1v) is 12.3. The zero-order chi connectivity index (χ0) is 25.0. The number of halogens is 1. The van der Waals surface area contributed by atoms with Gasteiger partial charge in [0.15, 0.2) is 11.5 Å². The number of nitrogens with zero attached hydrogens (tertiary/aromatic N) is 2. The lowest BCUT2D eigenvalue weighted by Crippen LogP contribution is -2.41. The van der Waals surface area contributed by atoms with Gasteiger partial charge in [0.25, 0.3) is 10.0 Å². The van der Waals surface area contributed by atoms with Crippen LogP contribution in [-0.4, -0.2) is 53.1 Å². The van der Waals surface area contributed by atoms with Gasteiger partial charge >= 0.3 is 0 Å². The van der Waals surface area contributed by atoms with Gasteiger partial charge in [0.2, 0.25) is 5.91 Å². The van der Waals surface area contributed by atoms with Gasteiger partial charge in [0, 0.05) is 19.7 Å². The van der Waals surface area contributed by atoms with Crippen LogP contribution in [0.5, 0.6) is 17.2 Å². The number of amides is 1. The number of benzene rings is 3. The van der Waals surface area contributed by atoms with Crippen molar-refractivity contribution >= 4 is 21.6 Å². The number of likely N-dealkylation sites (N-methyl/N-ethyl adjacent to an activating group) is 1. The Morgan fingerprint density at radius 1 is 1.00 bits per heavy atom. The summed E-state index contributed by atoms with van der Waals surface area (Å²) in [5.41, 5.74) is 0.875. The van der Waals surface area contributed by atoms with Crippen LogP contribution in [0.25, 0.3) is 0 Å². The molecule has 0 saturated carbocycles. The molecule has 10 heteroatoms. The summed E-state index contributed by atoms with van der Waals surface area (Å²) in [7, 11) is -1.11. The van der Waals surface area contributed by atoms with E-state index >= 15 is 0 Å². The molecule has 4 rings (SSSR count). The smallest absolute Gasteiger partial charge is 0.264 e. The Morgan fingerprint density at radius 2 is 1.71 bits per heavy atom. The van der Waals surface area contributed by atoms with Crippen molar-refractivity contribution in [3.63, 3.8) is 0 Å². The molecule has 0 atom stereocenters. The molecule has 0 radical (unpaired) electrons. The molecule has 0 N–H and O–H groups in total. The second-order valence-electron chi connectivity index (χ2n) is 7.89. The second kappa shape index (κ2) is 10.2. The van der Waals surface area contributed by atoms with Crippen molar-refractivity contribution < 1.29 is 31.8 Å². The SMILES string of the molecule is COc1ccc(CN(C)C(=O)CN(c2cccc(F)c2)S(=O)(=O)c2ccc3c(c2)OCCO3)cc1. The van der Waals surface area contributed by atoms with Crippen molar-refractivity contribution in [1.29, 1.82) is 0 Å². The van der Waals surface area contributed by atoms with Gasteiger partial charge in [0.1, 0.15) is 31.3 Å². The van der Waals surface area contributed by atoms with Gasteiger partial charge in [-0.25, -0.2) is 12.8 Å². The molecule has 0 fully saturated rings. The number of hydrogen-bond donors (Lipinski definition) is 0. The lowest BCUT2D eigenvalue weighted by molar-refractivity contribution is -0.128. The molecule has 1 heterocycles. The second-order valence-corrected chi connectivity index (χ2v) is 9.76. The summed E-state index contributed by atoms with van der Waals surface area (Å²) >= 11 is 0. The van der Waals surface area contributed by atoms with Crippen molar-refractivity contribution in [1.82, 2.24) is 4.90 Å². The molecule has 0 unspecified atom stereocenters. The van der Waals surface area contributed by atoms with Crippen LogP contribution in [-0.2, 0) is 21.4 Å². The minimum absolute atomic E-state index is 0.0334. The molecule has 184 valence electrons. The molecule has 1 aliphatic rings. The molecule has 1 aliphatic heterocycles. The van der Waals surface area contributed by atoms with E-state index in [0.717, 1.165) is 15.9 Å². The number of sulfonamides is 1. The lowest BCUT2D eigenvalue weighted by Gasteiger charge is -2.27. The Bertz CT molecular complexity index is 1310. The number of rotatable bonds is 8. The predicted octanol–water partition coefficient (Wildman–Crippen LogP) is 3.46. The summed E-state index contributed by atoms with van der Waals surface area (Å²) in [4.78, 5) is 14.4. The molecule has 0 aromatic heterocycles. The van der Waals surface area contributed by atoms with Gasteiger partial charge < -0.3 is 19.1 Å². The Kier molecular flexibility index (Phi) is 7.11. The Morgan fingerprint density at radius 3 is 2.40 bits per heavy atom. The zero-order valence-electron chi connectivity index (χ0n) is 19.3. The van der Waals surface area contributed by atoms with Crippen molar-refractivity contribution in [3.05, 3.63) is 78.1 Å². The topological polar surface area (TPSA) is 85.4 Å². The number of hydrogen-bond acceptors (Lipinski definition) is 6. The average Bonchev–Trinajstić information content (AvgIpc) is 2.87. The molecule has 8 nitrogen and oxygen atoms in total. The molecule has 0 saturated heterocycles. The number of carbonyl (C=O) groups is 1. The van der Waals surface area contributed by atoms with E-state index in [2.05, 4.69) is 0 Å². The summed E-state index contributed by atoms with van der Waals surface area (Å²) in [5.74, 6) is 0.322. The van der Waals surface area contributed by atoms with Crippen LogP contribution in [0.3, 0.4) is 0 Å². The molecule has 1 amide bonds. The van der Waals surface area contributed by atoms with E-state index in [1.165, 1.54) is 41.3 Å². The highest BCUT2D eigenvalue weighted by Gasteiger charge is 2.30. The molecule has 3 aromatic rings. The fourth-order valence-electron chi connectivity index (χ4n) is 3.59. The van der Waals surface area contributed by atoms with E-state index in [0.29, 0.717) is 30.5 Å². The lowest BCUT2D eigenvalue weighted by atomic mass is 10.2. The number of methoxy groups -OCH3 is 1. The van der Waals surface area contributed by atoms with Gasteiger partial charge in [-0.3, -0.25) is 9.10 Å². The van der Waals surface area contributed by atoms with E-state index in [9.17, 15) is 17.6 Å². The molecule has 35 heavy (non-hydrogen) atoms. The predicted molar refractivity (Wildman–Crippen MR) is 128 cm³/mol. The van der Waals surface area contributed by atoms with Crippen molar-refractivity contribution in [3.8, 4) is 17.2 Å². The molecular formula is C25H25FN2O6S. The summed E-state index contributed by atoms with van der Waals surface area (Å²) in [6.07, 6.45) is 0. The van der Waals surface area contributed by atoms with Crippen LogP contribution >= 0.6 is 0 Å². The summed E-state index contributed by atoms with van der Waals surface area (Å²) < 4.78 is 58.3. The Balaban J connectivity index is 1.62. The van der Waals surface area contributed by atoms with E-state index in [1.807, 2.05) is 12.1 Å². The monoisotopic (exact) mass is 500 g/mol. The Labute approximate surface area is 203 Å². The molecule has 3 aromatic carbocycles. The first-order chi connectivity index (χ1) is 16.8. The van der Waals surface area contributed by atoms with Crippen LogP contribution in [0.4, 0.5) is 10.1 Å². The maximum atomic E-state index is 14.0. The van der Waals surface area contributed by atoms with E-state index in [-0.39, 0.29) is 17.1 Å². The zero-order valence-corrected chi connectivity index (χ0v) is 20.1. The van der Waals surface area contributed by atoms with Crippen LogP contribution in [0.1, 0.15) is 5.56 Å². The van der Waals surface area contributed by atoms with Crippen LogP contribution in [0, 0.1) is 5.82 Å². The van der Waals surface area contributed by atoms with Gasteiger partial charge in [0.05, 0.1) is 17.7 Å². The van der Waals surface area contributed by atoms with Crippen LogP contribution in [0.2, 0.25) is 0 Å². The van der Waals surface area contributed by atoms with E-state index < -0.39 is 28.3 Å². The maximum absolute atomic E-state index is 14.0. The minimum atomic E-state index is -4.25. The number of ether oxygens (including phenoxy) is 3. The van der Waals surface area contributed by atoms with Gasteiger partial charge in [-0.05, 0) is 48.0 Å². The third kappa shape index (κ3) is 5.48. The van der Waals surface area contributed by atoms with Crippen molar-refractivity contribution in [2.45, 2.75) is 11.4 Å². The standard InChI is InChI=1S/C25H25FN2O6S/c1-27(16-18-6-8-21(32-2)9-7-18)25(29)17-28(20-5-3-4-19(26)14-20)35(30,31)22-10-11-23-24(15-22)34-13-12-33-23/h3-11,14-15H,12-13,16-17H2,1-2H3. The van der Waals surface area contributed by atoms with Crippen LogP contribution in [0.15, 0.2) is 71.6 Å². The van der Waals surface area contributed by atoms with E-state index in [4.69, 9.17) is 14.2 Å². The fraction of sp³-hybridized carbons (Fsp3) is 0.240. The fourth-order valence-corrected chi connectivity index (χ4v) is 5.02. The normalized spacial score (nSPS) is 12.7.